The molecule has 0 aromatic heterocycles. The van der Waals surface area contributed by atoms with Crippen molar-refractivity contribution in [1.82, 2.24) is 4.90 Å². The first-order valence-electron chi connectivity index (χ1n) is 8.79. The van der Waals surface area contributed by atoms with Crippen molar-refractivity contribution < 1.29 is 23.9 Å². The first-order chi connectivity index (χ1) is 14.2. The lowest BCUT2D eigenvalue weighted by Gasteiger charge is -2.48. The fraction of sp³-hybridized carbons (Fsp3) is 0.368. The summed E-state index contributed by atoms with van der Waals surface area (Å²) in [5.41, 5.74) is 1.31. The summed E-state index contributed by atoms with van der Waals surface area (Å²) in [5, 5.41) is -0.381. The van der Waals surface area contributed by atoms with Crippen molar-refractivity contribution in [2.24, 2.45) is 4.99 Å². The Morgan fingerprint density at radius 1 is 1.27 bits per heavy atom. The van der Waals surface area contributed by atoms with Gasteiger partial charge in [0.2, 0.25) is 3.79 Å². The molecule has 0 aliphatic carbocycles. The van der Waals surface area contributed by atoms with E-state index in [1.165, 1.54) is 23.6 Å². The average Bonchev–Trinajstić information content (AvgIpc) is 2.70. The van der Waals surface area contributed by atoms with Crippen LogP contribution in [0.15, 0.2) is 46.6 Å². The standard InChI is InChI=1S/C19H17Cl3N2O5S/c1-11(25)28-8-13-9-30-17-14(23-7-12-5-3-2-4-6-12)16(26)24(17)15(13)18(27)29-10-19(20,21)22/h2-7,14,17H,8-10H2,1H3/t14-,17-/m1/s1. The van der Waals surface area contributed by atoms with E-state index in [-0.39, 0.29) is 23.6 Å². The summed E-state index contributed by atoms with van der Waals surface area (Å²) in [4.78, 5) is 42.4. The Balaban J connectivity index is 1.80. The molecule has 160 valence electrons. The molecule has 0 saturated carbocycles. The Bertz CT molecular complexity index is 901. The highest BCUT2D eigenvalue weighted by atomic mass is 35.6. The predicted molar refractivity (Wildman–Crippen MR) is 116 cm³/mol. The van der Waals surface area contributed by atoms with E-state index in [4.69, 9.17) is 44.3 Å². The second kappa shape index (κ2) is 9.60. The number of β-lactam (4-membered cyclic amide) rings is 1. The molecule has 1 aromatic rings. The first-order valence-corrected chi connectivity index (χ1v) is 11.0. The molecule has 0 N–H and O–H groups in total. The zero-order valence-corrected chi connectivity index (χ0v) is 18.8. The summed E-state index contributed by atoms with van der Waals surface area (Å²) < 4.78 is 8.30. The van der Waals surface area contributed by atoms with Crippen LogP contribution in [0.1, 0.15) is 12.5 Å². The van der Waals surface area contributed by atoms with Crippen molar-refractivity contribution in [3.63, 3.8) is 0 Å². The molecule has 0 bridgehead atoms. The number of fused-ring (bicyclic) bond motifs is 1. The van der Waals surface area contributed by atoms with Crippen LogP contribution in [0.3, 0.4) is 0 Å². The molecule has 1 fully saturated rings. The SMILES string of the molecule is CC(=O)OCC1=C(C(=O)OCC(Cl)(Cl)Cl)N2C(=O)[C@@H](N=Cc3ccccc3)[C@H]2SC1. The van der Waals surface area contributed by atoms with Gasteiger partial charge in [-0.05, 0) is 5.56 Å². The number of hydrogen-bond acceptors (Lipinski definition) is 7. The Hall–Kier alpha value is -1.74. The molecule has 2 atom stereocenters. The van der Waals surface area contributed by atoms with Crippen molar-refractivity contribution in [2.45, 2.75) is 22.1 Å². The topological polar surface area (TPSA) is 85.3 Å². The summed E-state index contributed by atoms with van der Waals surface area (Å²) in [6.07, 6.45) is 1.62. The maximum absolute atomic E-state index is 12.8. The molecule has 0 unspecified atom stereocenters. The highest BCUT2D eigenvalue weighted by Gasteiger charge is 2.54. The number of alkyl halides is 3. The van der Waals surface area contributed by atoms with Crippen LogP contribution < -0.4 is 0 Å². The Labute approximate surface area is 192 Å². The van der Waals surface area contributed by atoms with Gasteiger partial charge in [-0.15, -0.1) is 11.8 Å². The number of carbonyl (C=O) groups is 3. The average molecular weight is 492 g/mol. The quantitative estimate of drug-likeness (QED) is 0.263. The van der Waals surface area contributed by atoms with Crippen LogP contribution in [0.25, 0.3) is 0 Å². The molecule has 7 nitrogen and oxygen atoms in total. The summed E-state index contributed by atoms with van der Waals surface area (Å²) in [5.74, 6) is -1.34. The third-order valence-corrected chi connectivity index (χ3v) is 5.87. The summed E-state index contributed by atoms with van der Waals surface area (Å²) in [6, 6.07) is 8.73. The van der Waals surface area contributed by atoms with Gasteiger partial charge in [-0.25, -0.2) is 4.79 Å². The molecule has 1 aromatic carbocycles. The van der Waals surface area contributed by atoms with Gasteiger partial charge in [-0.2, -0.15) is 0 Å². The number of hydrogen-bond donors (Lipinski definition) is 0. The molecule has 30 heavy (non-hydrogen) atoms. The Kier molecular flexibility index (Phi) is 7.34. The van der Waals surface area contributed by atoms with Crippen LogP contribution in [-0.2, 0) is 23.9 Å². The van der Waals surface area contributed by atoms with E-state index in [0.717, 1.165) is 5.56 Å². The smallest absolute Gasteiger partial charge is 0.355 e. The van der Waals surface area contributed by atoms with E-state index < -0.39 is 28.4 Å². The minimum Gasteiger partial charge on any atom is -0.461 e. The van der Waals surface area contributed by atoms with Crippen LogP contribution in [-0.4, -0.2) is 63.1 Å². The van der Waals surface area contributed by atoms with Crippen molar-refractivity contribution in [1.29, 1.82) is 0 Å². The van der Waals surface area contributed by atoms with Crippen molar-refractivity contribution in [3.05, 3.63) is 47.2 Å². The van der Waals surface area contributed by atoms with E-state index in [9.17, 15) is 14.4 Å². The second-order valence-corrected chi connectivity index (χ2v) is 10.1. The molecule has 2 aliphatic heterocycles. The molecule has 11 heteroatoms. The molecule has 2 aliphatic rings. The summed E-state index contributed by atoms with van der Waals surface area (Å²) in [6.45, 7) is 0.620. The molecule has 0 spiro atoms. The van der Waals surface area contributed by atoms with Crippen molar-refractivity contribution in [2.75, 3.05) is 19.0 Å². The maximum Gasteiger partial charge on any atom is 0.355 e. The van der Waals surface area contributed by atoms with Gasteiger partial charge in [-0.1, -0.05) is 65.1 Å². The lowest BCUT2D eigenvalue weighted by atomic mass is 10.0. The van der Waals surface area contributed by atoms with Crippen molar-refractivity contribution >= 4 is 70.6 Å². The van der Waals surface area contributed by atoms with Crippen LogP contribution in [0, 0.1) is 0 Å². The minimum absolute atomic E-state index is 0.00501. The Morgan fingerprint density at radius 3 is 2.60 bits per heavy atom. The lowest BCUT2D eigenvalue weighted by molar-refractivity contribution is -0.151. The number of nitrogens with zero attached hydrogens (tertiary/aromatic N) is 2. The van der Waals surface area contributed by atoms with Gasteiger partial charge in [0.1, 0.15) is 24.3 Å². The van der Waals surface area contributed by atoms with Gasteiger partial charge in [0.25, 0.3) is 5.91 Å². The maximum atomic E-state index is 12.8. The number of benzene rings is 1. The molecule has 1 amide bonds. The summed E-state index contributed by atoms with van der Waals surface area (Å²) in [7, 11) is 0. The van der Waals surface area contributed by atoms with Crippen molar-refractivity contribution in [3.8, 4) is 0 Å². The van der Waals surface area contributed by atoms with Crippen LogP contribution in [0.2, 0.25) is 0 Å². The van der Waals surface area contributed by atoms with Crippen LogP contribution in [0.5, 0.6) is 0 Å². The van der Waals surface area contributed by atoms with Gasteiger partial charge < -0.3 is 9.47 Å². The minimum atomic E-state index is -1.80. The molecule has 2 heterocycles. The number of amides is 1. The number of thioether (sulfide) groups is 1. The van der Waals surface area contributed by atoms with E-state index in [2.05, 4.69) is 4.99 Å². The zero-order valence-electron chi connectivity index (χ0n) is 15.7. The fourth-order valence-electron chi connectivity index (χ4n) is 2.88. The largest absolute Gasteiger partial charge is 0.461 e. The number of halogens is 3. The molecular formula is C19H17Cl3N2O5S. The van der Waals surface area contributed by atoms with E-state index in [1.807, 2.05) is 30.3 Å². The normalized spacial score (nSPS) is 21.3. The van der Waals surface area contributed by atoms with E-state index >= 15 is 0 Å². The number of esters is 2. The van der Waals surface area contributed by atoms with Gasteiger partial charge in [0, 0.05) is 24.5 Å². The zero-order chi connectivity index (χ0) is 21.9. The van der Waals surface area contributed by atoms with Gasteiger partial charge in [0.15, 0.2) is 6.04 Å². The molecule has 0 radical (unpaired) electrons. The third-order valence-electron chi connectivity index (χ3n) is 4.21. The number of carbonyl (C=O) groups excluding carboxylic acids is 3. The monoisotopic (exact) mass is 490 g/mol. The highest BCUT2D eigenvalue weighted by molar-refractivity contribution is 8.00. The molecule has 3 rings (SSSR count). The van der Waals surface area contributed by atoms with Gasteiger partial charge in [0.05, 0.1) is 0 Å². The molecule has 1 saturated heterocycles. The van der Waals surface area contributed by atoms with Gasteiger partial charge >= 0.3 is 11.9 Å². The number of ether oxygens (including phenoxy) is 2. The Morgan fingerprint density at radius 2 is 1.97 bits per heavy atom. The van der Waals surface area contributed by atoms with Crippen LogP contribution in [0.4, 0.5) is 0 Å². The number of rotatable bonds is 6. The second-order valence-electron chi connectivity index (χ2n) is 6.47. The van der Waals surface area contributed by atoms with E-state index in [0.29, 0.717) is 11.3 Å². The lowest BCUT2D eigenvalue weighted by Crippen LogP contribution is -2.64. The third kappa shape index (κ3) is 5.49. The summed E-state index contributed by atoms with van der Waals surface area (Å²) >= 11 is 18.4. The molecular weight excluding hydrogens is 475 g/mol. The highest BCUT2D eigenvalue weighted by Crippen LogP contribution is 2.42. The van der Waals surface area contributed by atoms with E-state index in [1.54, 1.807) is 6.21 Å². The van der Waals surface area contributed by atoms with Crippen LogP contribution >= 0.6 is 46.6 Å². The fourth-order valence-corrected chi connectivity index (χ4v) is 4.36. The number of aliphatic imine (C=N–C) groups is 1. The van der Waals surface area contributed by atoms with Gasteiger partial charge in [-0.3, -0.25) is 19.5 Å². The first kappa shape index (κ1) is 22.9. The predicted octanol–water partition coefficient (Wildman–Crippen LogP) is 3.12.